The zero-order chi connectivity index (χ0) is 10.7. The van der Waals surface area contributed by atoms with Crippen LogP contribution in [0.15, 0.2) is 18.2 Å². The number of aliphatic hydroxyl groups excluding tert-OH is 1. The van der Waals surface area contributed by atoms with Gasteiger partial charge in [0.05, 0.1) is 6.61 Å². The highest BCUT2D eigenvalue weighted by atomic mass is 19.2. The average Bonchev–Trinajstić information content (AvgIpc) is 2.13. The summed E-state index contributed by atoms with van der Waals surface area (Å²) in [5, 5.41) is 17.3. The monoisotopic (exact) mass is 202 g/mol. The van der Waals surface area contributed by atoms with Crippen molar-refractivity contribution in [2.75, 3.05) is 6.61 Å². The van der Waals surface area contributed by atoms with E-state index in [0.717, 1.165) is 12.1 Å². The van der Waals surface area contributed by atoms with Crippen LogP contribution in [0.4, 0.5) is 8.78 Å². The van der Waals surface area contributed by atoms with Crippen molar-refractivity contribution in [1.29, 1.82) is 0 Å². The molecule has 1 aromatic carbocycles. The number of benzene rings is 1. The van der Waals surface area contributed by atoms with Crippen molar-refractivity contribution in [2.45, 2.75) is 5.92 Å². The van der Waals surface area contributed by atoms with Gasteiger partial charge in [0.15, 0.2) is 11.6 Å². The van der Waals surface area contributed by atoms with Gasteiger partial charge in [-0.1, -0.05) is 12.1 Å². The highest BCUT2D eigenvalue weighted by molar-refractivity contribution is 5.76. The molecule has 14 heavy (non-hydrogen) atoms. The van der Waals surface area contributed by atoms with Crippen LogP contribution in [0.1, 0.15) is 11.5 Å². The summed E-state index contributed by atoms with van der Waals surface area (Å²) in [4.78, 5) is 10.5. The molecule has 0 unspecified atom stereocenters. The minimum absolute atomic E-state index is 0.347. The lowest BCUT2D eigenvalue weighted by molar-refractivity contribution is -0.139. The van der Waals surface area contributed by atoms with Crippen molar-refractivity contribution in [1.82, 2.24) is 0 Å². The zero-order valence-corrected chi connectivity index (χ0v) is 7.08. The number of carbonyl (C=O) groups is 1. The van der Waals surface area contributed by atoms with Crippen LogP contribution in [-0.2, 0) is 4.79 Å². The molecule has 1 rings (SSSR count). The highest BCUT2D eigenvalue weighted by Gasteiger charge is 2.23. The van der Waals surface area contributed by atoms with Crippen LogP contribution in [-0.4, -0.2) is 22.8 Å². The molecular formula is C9H8F2O3. The van der Waals surface area contributed by atoms with E-state index in [4.69, 9.17) is 10.2 Å². The molecule has 76 valence electrons. The quantitative estimate of drug-likeness (QED) is 0.772. The van der Waals surface area contributed by atoms with Gasteiger partial charge in [-0.3, -0.25) is 4.79 Å². The van der Waals surface area contributed by atoms with Crippen LogP contribution < -0.4 is 0 Å². The molecule has 0 saturated carbocycles. The van der Waals surface area contributed by atoms with Crippen LogP contribution in [0.3, 0.4) is 0 Å². The summed E-state index contributed by atoms with van der Waals surface area (Å²) < 4.78 is 25.7. The topological polar surface area (TPSA) is 57.5 Å². The number of hydrogen-bond acceptors (Lipinski definition) is 2. The summed E-state index contributed by atoms with van der Waals surface area (Å²) >= 11 is 0. The zero-order valence-electron chi connectivity index (χ0n) is 7.08. The van der Waals surface area contributed by atoms with Crippen LogP contribution in [0, 0.1) is 11.6 Å². The lowest BCUT2D eigenvalue weighted by Gasteiger charge is -2.10. The van der Waals surface area contributed by atoms with E-state index in [2.05, 4.69) is 0 Å². The van der Waals surface area contributed by atoms with Gasteiger partial charge in [0, 0.05) is 5.56 Å². The minimum atomic E-state index is -1.43. The summed E-state index contributed by atoms with van der Waals surface area (Å²) in [6.45, 7) is -0.768. The van der Waals surface area contributed by atoms with E-state index in [-0.39, 0.29) is 5.56 Å². The van der Waals surface area contributed by atoms with Crippen molar-refractivity contribution >= 4 is 5.97 Å². The molecule has 0 amide bonds. The third-order valence-corrected chi connectivity index (χ3v) is 1.84. The Hall–Kier alpha value is -1.49. The molecule has 0 saturated heterocycles. The van der Waals surface area contributed by atoms with Gasteiger partial charge in [0.1, 0.15) is 5.92 Å². The Kier molecular flexibility index (Phi) is 3.14. The molecule has 0 aliphatic heterocycles. The van der Waals surface area contributed by atoms with Crippen molar-refractivity contribution in [3.8, 4) is 0 Å². The van der Waals surface area contributed by atoms with Gasteiger partial charge in [0.2, 0.25) is 0 Å². The number of aliphatic hydroxyl groups is 1. The first kappa shape index (κ1) is 10.6. The van der Waals surface area contributed by atoms with Crippen LogP contribution in [0.5, 0.6) is 0 Å². The van der Waals surface area contributed by atoms with Crippen LogP contribution in [0.2, 0.25) is 0 Å². The van der Waals surface area contributed by atoms with E-state index < -0.39 is 30.1 Å². The molecule has 0 aliphatic carbocycles. The van der Waals surface area contributed by atoms with E-state index in [1.807, 2.05) is 0 Å². The number of halogens is 2. The molecule has 1 aromatic rings. The Balaban J connectivity index is 3.16. The molecule has 1 atom stereocenters. The van der Waals surface area contributed by atoms with Crippen molar-refractivity contribution in [2.24, 2.45) is 0 Å². The third-order valence-electron chi connectivity index (χ3n) is 1.84. The van der Waals surface area contributed by atoms with Crippen LogP contribution >= 0.6 is 0 Å². The second kappa shape index (κ2) is 4.15. The maximum Gasteiger partial charge on any atom is 0.313 e. The van der Waals surface area contributed by atoms with Crippen LogP contribution in [0.25, 0.3) is 0 Å². The average molecular weight is 202 g/mol. The third kappa shape index (κ3) is 1.88. The maximum absolute atomic E-state index is 13.0. The predicted octanol–water partition coefficient (Wildman–Crippen LogP) is 1.13. The molecule has 0 heterocycles. The Bertz CT molecular complexity index is 352. The van der Waals surface area contributed by atoms with Gasteiger partial charge in [-0.15, -0.1) is 0 Å². The summed E-state index contributed by atoms with van der Waals surface area (Å²) in [7, 11) is 0. The maximum atomic E-state index is 13.0. The molecule has 3 nitrogen and oxygen atoms in total. The number of aliphatic carboxylic acids is 1. The fourth-order valence-corrected chi connectivity index (χ4v) is 1.10. The molecule has 0 aliphatic rings. The fourth-order valence-electron chi connectivity index (χ4n) is 1.10. The number of carboxylic acid groups (broad SMARTS) is 1. The first-order valence-corrected chi connectivity index (χ1v) is 3.85. The van der Waals surface area contributed by atoms with Crippen molar-refractivity contribution in [3.63, 3.8) is 0 Å². The molecule has 0 fully saturated rings. The second-order valence-electron chi connectivity index (χ2n) is 2.72. The van der Waals surface area contributed by atoms with E-state index >= 15 is 0 Å². The fraction of sp³-hybridized carbons (Fsp3) is 0.222. The van der Waals surface area contributed by atoms with E-state index in [0.29, 0.717) is 0 Å². The van der Waals surface area contributed by atoms with Gasteiger partial charge < -0.3 is 10.2 Å². The van der Waals surface area contributed by atoms with E-state index in [1.54, 1.807) is 0 Å². The molecule has 0 radical (unpaired) electrons. The molecule has 0 spiro atoms. The predicted molar refractivity (Wildman–Crippen MR) is 43.8 cm³/mol. The van der Waals surface area contributed by atoms with Gasteiger partial charge >= 0.3 is 5.97 Å². The lowest BCUT2D eigenvalue weighted by atomic mass is 9.99. The Morgan fingerprint density at radius 1 is 1.43 bits per heavy atom. The first-order chi connectivity index (χ1) is 6.57. The Morgan fingerprint density at radius 2 is 2.07 bits per heavy atom. The Morgan fingerprint density at radius 3 is 2.57 bits per heavy atom. The summed E-state index contributed by atoms with van der Waals surface area (Å²) in [5.41, 5.74) is -0.347. The molecule has 2 N–H and O–H groups in total. The number of carboxylic acids is 1. The summed E-state index contributed by atoms with van der Waals surface area (Å²) in [6, 6.07) is 3.21. The molecule has 0 bridgehead atoms. The number of hydrogen-bond donors (Lipinski definition) is 2. The van der Waals surface area contributed by atoms with E-state index in [9.17, 15) is 13.6 Å². The van der Waals surface area contributed by atoms with Gasteiger partial charge in [0.25, 0.3) is 0 Å². The van der Waals surface area contributed by atoms with Crippen molar-refractivity contribution < 1.29 is 23.8 Å². The standard InChI is InChI=1S/C9H8F2O3/c10-7-3-1-2-5(8(7)11)6(4-12)9(13)14/h1-3,6,12H,4H2,(H,13,14)/t6-/m0/s1. The lowest BCUT2D eigenvalue weighted by Crippen LogP contribution is -2.17. The van der Waals surface area contributed by atoms with E-state index in [1.165, 1.54) is 6.07 Å². The summed E-state index contributed by atoms with van der Waals surface area (Å²) in [6.07, 6.45) is 0. The van der Waals surface area contributed by atoms with Gasteiger partial charge in [-0.05, 0) is 6.07 Å². The minimum Gasteiger partial charge on any atom is -0.481 e. The highest BCUT2D eigenvalue weighted by Crippen LogP contribution is 2.20. The SMILES string of the molecule is O=C(O)[C@@H](CO)c1cccc(F)c1F. The largest absolute Gasteiger partial charge is 0.481 e. The van der Waals surface area contributed by atoms with Crippen molar-refractivity contribution in [3.05, 3.63) is 35.4 Å². The summed E-state index contributed by atoms with van der Waals surface area (Å²) in [5.74, 6) is -5.17. The number of rotatable bonds is 3. The molecule has 5 heteroatoms. The normalized spacial score (nSPS) is 12.5. The Labute approximate surface area is 78.6 Å². The smallest absolute Gasteiger partial charge is 0.313 e. The molecule has 0 aromatic heterocycles. The molecular weight excluding hydrogens is 194 g/mol. The first-order valence-electron chi connectivity index (χ1n) is 3.85. The van der Waals surface area contributed by atoms with Gasteiger partial charge in [-0.2, -0.15) is 0 Å². The second-order valence-corrected chi connectivity index (χ2v) is 2.72. The van der Waals surface area contributed by atoms with Gasteiger partial charge in [-0.25, -0.2) is 8.78 Å².